The number of halogens is 3. The van der Waals surface area contributed by atoms with E-state index in [1.165, 1.54) is 19.2 Å². The molecule has 186 valence electrons. The number of ether oxygens (including phenoxy) is 1. The second-order valence-electron chi connectivity index (χ2n) is 7.89. The molecule has 8 nitrogen and oxygen atoms in total. The summed E-state index contributed by atoms with van der Waals surface area (Å²) in [5.74, 6) is -3.30. The third-order valence-electron chi connectivity index (χ3n) is 5.69. The van der Waals surface area contributed by atoms with Crippen LogP contribution in [0.3, 0.4) is 0 Å². The van der Waals surface area contributed by atoms with E-state index in [-0.39, 0.29) is 5.75 Å². The maximum atomic E-state index is 15.1. The van der Waals surface area contributed by atoms with Gasteiger partial charge in [-0.25, -0.2) is 41.3 Å². The van der Waals surface area contributed by atoms with Crippen LogP contribution in [0.5, 0.6) is 5.75 Å². The molecule has 1 aromatic heterocycles. The molecule has 0 saturated heterocycles. The van der Waals surface area contributed by atoms with Gasteiger partial charge in [0.15, 0.2) is 11.6 Å². The lowest BCUT2D eigenvalue weighted by Crippen LogP contribution is -2.55. The minimum absolute atomic E-state index is 0.260. The van der Waals surface area contributed by atoms with E-state index in [1.54, 1.807) is 30.3 Å². The monoisotopic (exact) mass is 498 g/mol. The summed E-state index contributed by atoms with van der Waals surface area (Å²) in [6.07, 6.45) is 0. The van der Waals surface area contributed by atoms with Gasteiger partial charge in [0.25, 0.3) is 0 Å². The minimum Gasteiger partial charge on any atom is -0.494 e. The zero-order valence-electron chi connectivity index (χ0n) is 19.0. The molecule has 0 aliphatic carbocycles. The molecule has 1 atom stereocenters. The summed E-state index contributed by atoms with van der Waals surface area (Å²) in [6.45, 7) is -1.24. The Morgan fingerprint density at radius 1 is 0.806 bits per heavy atom. The van der Waals surface area contributed by atoms with Gasteiger partial charge in [-0.3, -0.25) is 0 Å². The first-order valence-corrected chi connectivity index (χ1v) is 10.8. The van der Waals surface area contributed by atoms with Crippen molar-refractivity contribution in [3.63, 3.8) is 0 Å². The van der Waals surface area contributed by atoms with Gasteiger partial charge in [0.05, 0.1) is 25.9 Å². The van der Waals surface area contributed by atoms with Gasteiger partial charge in [0.1, 0.15) is 11.6 Å². The number of rotatable bonds is 7. The molecule has 4 rings (SSSR count). The maximum Gasteiger partial charge on any atom is 0.341 e. The second kappa shape index (κ2) is 10.1. The number of benzene rings is 3. The van der Waals surface area contributed by atoms with Crippen molar-refractivity contribution in [3.05, 3.63) is 127 Å². The highest BCUT2D eigenvalue weighted by molar-refractivity contribution is 5.41. The van der Waals surface area contributed by atoms with Crippen molar-refractivity contribution in [1.82, 2.24) is 13.7 Å². The molecular weight excluding hydrogens is 477 g/mol. The Bertz CT molecular complexity index is 1580. The first-order valence-electron chi connectivity index (χ1n) is 10.8. The Labute approximate surface area is 202 Å². The number of nitrogens with two attached hydrogens (primary N) is 1. The quantitative estimate of drug-likeness (QED) is 0.422. The molecule has 11 heteroatoms. The summed E-state index contributed by atoms with van der Waals surface area (Å²) in [5, 5.41) is 0. The van der Waals surface area contributed by atoms with Gasteiger partial charge in [0.2, 0.25) is 0 Å². The summed E-state index contributed by atoms with van der Waals surface area (Å²) >= 11 is 0. The summed E-state index contributed by atoms with van der Waals surface area (Å²) in [7, 11) is 1.20. The van der Waals surface area contributed by atoms with Crippen molar-refractivity contribution in [2.75, 3.05) is 7.11 Å². The Morgan fingerprint density at radius 3 is 2.06 bits per heavy atom. The molecule has 0 unspecified atom stereocenters. The second-order valence-corrected chi connectivity index (χ2v) is 7.89. The predicted molar refractivity (Wildman–Crippen MR) is 126 cm³/mol. The van der Waals surface area contributed by atoms with E-state index in [1.807, 2.05) is 0 Å². The fourth-order valence-electron chi connectivity index (χ4n) is 3.80. The molecule has 0 spiro atoms. The summed E-state index contributed by atoms with van der Waals surface area (Å²) in [4.78, 5) is 40.0. The van der Waals surface area contributed by atoms with Crippen molar-refractivity contribution < 1.29 is 17.9 Å². The standard InChI is InChI=1S/C25H21F3N4O4/c1-36-21-12-6-11-20(22(21)28)32-24(34)30(13-16-17(26)9-5-10-18(16)27)23(33)31(25(32)35)14-19(29)15-7-3-2-4-8-15/h2-12,19H,13-14,29H2,1H3/t19-/m0/s1. The van der Waals surface area contributed by atoms with Crippen LogP contribution in [-0.4, -0.2) is 20.8 Å². The van der Waals surface area contributed by atoms with Crippen LogP contribution >= 0.6 is 0 Å². The van der Waals surface area contributed by atoms with Crippen molar-refractivity contribution in [3.8, 4) is 11.4 Å². The average Bonchev–Trinajstić information content (AvgIpc) is 2.87. The molecule has 36 heavy (non-hydrogen) atoms. The van der Waals surface area contributed by atoms with Gasteiger partial charge in [0, 0.05) is 11.6 Å². The SMILES string of the molecule is COc1cccc(-n2c(=O)n(Cc3c(F)cccc3F)c(=O)n(C[C@H](N)c3ccccc3)c2=O)c1F. The van der Waals surface area contributed by atoms with Crippen LogP contribution in [0.15, 0.2) is 81.1 Å². The minimum atomic E-state index is -1.29. The molecule has 3 aromatic carbocycles. The van der Waals surface area contributed by atoms with E-state index in [0.29, 0.717) is 19.3 Å². The zero-order valence-corrected chi connectivity index (χ0v) is 19.0. The molecule has 0 amide bonds. The lowest BCUT2D eigenvalue weighted by Gasteiger charge is -2.18. The lowest BCUT2D eigenvalue weighted by atomic mass is 10.1. The van der Waals surface area contributed by atoms with Crippen LogP contribution in [0.2, 0.25) is 0 Å². The highest BCUT2D eigenvalue weighted by Gasteiger charge is 2.23. The van der Waals surface area contributed by atoms with E-state index in [0.717, 1.165) is 24.3 Å². The third-order valence-corrected chi connectivity index (χ3v) is 5.69. The van der Waals surface area contributed by atoms with Crippen molar-refractivity contribution in [2.24, 2.45) is 5.73 Å². The largest absolute Gasteiger partial charge is 0.494 e. The number of hydrogen-bond acceptors (Lipinski definition) is 5. The molecule has 0 fully saturated rings. The highest BCUT2D eigenvalue weighted by Crippen LogP contribution is 2.21. The molecule has 0 aliphatic rings. The molecule has 2 N–H and O–H groups in total. The Morgan fingerprint density at radius 2 is 1.42 bits per heavy atom. The van der Waals surface area contributed by atoms with E-state index < -0.39 is 64.9 Å². The Hall–Kier alpha value is -4.38. The van der Waals surface area contributed by atoms with Crippen LogP contribution < -0.4 is 27.5 Å². The van der Waals surface area contributed by atoms with Crippen molar-refractivity contribution in [2.45, 2.75) is 19.1 Å². The van der Waals surface area contributed by atoms with Crippen LogP contribution in [0.1, 0.15) is 17.2 Å². The van der Waals surface area contributed by atoms with E-state index in [9.17, 15) is 23.2 Å². The molecule has 0 aliphatic heterocycles. The van der Waals surface area contributed by atoms with Crippen molar-refractivity contribution >= 4 is 0 Å². The first-order chi connectivity index (χ1) is 17.2. The highest BCUT2D eigenvalue weighted by atomic mass is 19.1. The zero-order chi connectivity index (χ0) is 26.0. The average molecular weight is 498 g/mol. The van der Waals surface area contributed by atoms with Gasteiger partial charge >= 0.3 is 17.1 Å². The van der Waals surface area contributed by atoms with E-state index in [2.05, 4.69) is 0 Å². The topological polar surface area (TPSA) is 101 Å². The third kappa shape index (κ3) is 4.48. The molecule has 1 heterocycles. The Kier molecular flexibility index (Phi) is 6.93. The molecule has 0 bridgehead atoms. The number of methoxy groups -OCH3 is 1. The summed E-state index contributed by atoms with van der Waals surface area (Å²) in [6, 6.07) is 14.5. The summed E-state index contributed by atoms with van der Waals surface area (Å²) in [5.41, 5.74) is 2.10. The fourth-order valence-corrected chi connectivity index (χ4v) is 3.80. The fraction of sp³-hybridized carbons (Fsp3) is 0.160. The molecule has 0 saturated carbocycles. The number of hydrogen-bond donors (Lipinski definition) is 1. The summed E-state index contributed by atoms with van der Waals surface area (Å²) < 4.78 is 50.3. The van der Waals surface area contributed by atoms with Crippen LogP contribution in [0.25, 0.3) is 5.69 Å². The van der Waals surface area contributed by atoms with Crippen molar-refractivity contribution in [1.29, 1.82) is 0 Å². The first kappa shape index (κ1) is 24.7. The maximum absolute atomic E-state index is 15.1. The smallest absolute Gasteiger partial charge is 0.341 e. The van der Waals surface area contributed by atoms with Gasteiger partial charge in [-0.2, -0.15) is 0 Å². The van der Waals surface area contributed by atoms with Gasteiger partial charge in [-0.15, -0.1) is 0 Å². The van der Waals surface area contributed by atoms with Crippen LogP contribution in [0.4, 0.5) is 13.2 Å². The lowest BCUT2D eigenvalue weighted by molar-refractivity contribution is 0.384. The predicted octanol–water partition coefficient (Wildman–Crippen LogP) is 2.34. The normalized spacial score (nSPS) is 11.9. The van der Waals surface area contributed by atoms with Crippen LogP contribution in [-0.2, 0) is 13.1 Å². The number of aromatic nitrogens is 3. The molecule has 4 aromatic rings. The van der Waals surface area contributed by atoms with E-state index >= 15 is 4.39 Å². The van der Waals surface area contributed by atoms with E-state index in [4.69, 9.17) is 10.5 Å². The Balaban J connectivity index is 1.99. The molecular formula is C25H21F3N4O4. The molecule has 0 radical (unpaired) electrons. The van der Waals surface area contributed by atoms with Gasteiger partial charge in [-0.1, -0.05) is 42.5 Å². The number of nitrogens with zero attached hydrogens (tertiary/aromatic N) is 3. The van der Waals surface area contributed by atoms with Gasteiger partial charge < -0.3 is 10.5 Å². The van der Waals surface area contributed by atoms with Crippen LogP contribution in [0, 0.1) is 17.5 Å². The van der Waals surface area contributed by atoms with Gasteiger partial charge in [-0.05, 0) is 29.8 Å².